The highest BCUT2D eigenvalue weighted by atomic mass is 79.9. The fraction of sp³-hybridized carbons (Fsp3) is 0.100. The maximum Gasteiger partial charge on any atom is 0.164 e. The van der Waals surface area contributed by atoms with Gasteiger partial charge in [-0.3, -0.25) is 4.57 Å². The second-order valence-corrected chi connectivity index (χ2v) is 7.24. The molecule has 0 spiro atoms. The number of hydrogen-bond acceptors (Lipinski definition) is 5. The Morgan fingerprint density at radius 3 is 2.68 bits per heavy atom. The van der Waals surface area contributed by atoms with Crippen LogP contribution in [0.2, 0.25) is 0 Å². The summed E-state index contributed by atoms with van der Waals surface area (Å²) in [5.41, 5.74) is 4.74. The van der Waals surface area contributed by atoms with Crippen LogP contribution in [-0.4, -0.2) is 29.3 Å². The number of anilines is 2. The van der Waals surface area contributed by atoms with Crippen LogP contribution in [0.5, 0.6) is 0 Å². The van der Waals surface area contributed by atoms with Crippen molar-refractivity contribution in [1.82, 2.24) is 29.3 Å². The summed E-state index contributed by atoms with van der Waals surface area (Å²) < 4.78 is 4.58. The van der Waals surface area contributed by atoms with Crippen LogP contribution in [0.25, 0.3) is 27.8 Å². The van der Waals surface area contributed by atoms with E-state index in [-0.39, 0.29) is 0 Å². The molecule has 0 unspecified atom stereocenters. The minimum atomic E-state index is 0.698. The Hall–Kier alpha value is -3.26. The van der Waals surface area contributed by atoms with Gasteiger partial charge in [0.2, 0.25) is 0 Å². The Balaban J connectivity index is 1.59. The highest BCUT2D eigenvalue weighted by Crippen LogP contribution is 2.30. The zero-order chi connectivity index (χ0) is 19.3. The summed E-state index contributed by atoms with van der Waals surface area (Å²) in [5.74, 6) is 1.64. The molecule has 0 atom stereocenters. The Morgan fingerprint density at radius 1 is 1.04 bits per heavy atom. The molecule has 0 aliphatic rings. The fourth-order valence-electron chi connectivity index (χ4n) is 3.45. The first kappa shape index (κ1) is 16.9. The van der Waals surface area contributed by atoms with Gasteiger partial charge in [-0.25, -0.2) is 19.6 Å². The molecular weight excluding hydrogens is 418 g/mol. The van der Waals surface area contributed by atoms with Crippen LogP contribution in [0.1, 0.15) is 5.82 Å². The van der Waals surface area contributed by atoms with Gasteiger partial charge in [0.15, 0.2) is 5.65 Å². The first-order valence-electron chi connectivity index (χ1n) is 8.76. The lowest BCUT2D eigenvalue weighted by Gasteiger charge is -2.08. The Labute approximate surface area is 169 Å². The summed E-state index contributed by atoms with van der Waals surface area (Å²) in [4.78, 5) is 13.4. The van der Waals surface area contributed by atoms with Crippen molar-refractivity contribution < 1.29 is 0 Å². The molecule has 0 saturated carbocycles. The maximum absolute atomic E-state index is 4.74. The average molecular weight is 434 g/mol. The van der Waals surface area contributed by atoms with Crippen LogP contribution >= 0.6 is 15.9 Å². The van der Waals surface area contributed by atoms with Crippen molar-refractivity contribution in [3.05, 3.63) is 65.3 Å². The van der Waals surface area contributed by atoms with Crippen LogP contribution in [0, 0.1) is 6.92 Å². The minimum Gasteiger partial charge on any atom is -0.339 e. The van der Waals surface area contributed by atoms with E-state index in [2.05, 4.69) is 59.1 Å². The smallest absolute Gasteiger partial charge is 0.164 e. The summed E-state index contributed by atoms with van der Waals surface area (Å²) >= 11 is 3.49. The number of benzene rings is 2. The molecule has 7 nitrogen and oxygen atoms in total. The number of aromatic nitrogens is 6. The number of para-hydroxylation sites is 1. The standard InChI is InChI=1S/C20H16BrN7/c1-12-24-15-10-13(8-9-16(15)28(12)14-6-4-3-5-7-14)25-19-17-18(21)26-27(2)20(17)23-11-22-19/h3-11H,1-2H3,(H,22,23,25). The van der Waals surface area contributed by atoms with Crippen LogP contribution in [-0.2, 0) is 7.05 Å². The highest BCUT2D eigenvalue weighted by Gasteiger charge is 2.14. The van der Waals surface area contributed by atoms with E-state index in [1.165, 1.54) is 6.33 Å². The molecule has 0 radical (unpaired) electrons. The van der Waals surface area contributed by atoms with Crippen molar-refractivity contribution in [3.63, 3.8) is 0 Å². The molecule has 28 heavy (non-hydrogen) atoms. The molecule has 3 heterocycles. The van der Waals surface area contributed by atoms with E-state index in [9.17, 15) is 0 Å². The van der Waals surface area contributed by atoms with Crippen molar-refractivity contribution in [3.8, 4) is 5.69 Å². The highest BCUT2D eigenvalue weighted by molar-refractivity contribution is 9.10. The van der Waals surface area contributed by atoms with Gasteiger partial charge in [0.1, 0.15) is 22.6 Å². The third kappa shape index (κ3) is 2.65. The van der Waals surface area contributed by atoms with E-state index in [1.54, 1.807) is 4.68 Å². The number of hydrogen-bond donors (Lipinski definition) is 1. The Bertz CT molecular complexity index is 1320. The molecule has 5 rings (SSSR count). The molecule has 0 bridgehead atoms. The van der Waals surface area contributed by atoms with Crippen molar-refractivity contribution in [2.24, 2.45) is 7.05 Å². The van der Waals surface area contributed by atoms with Gasteiger partial charge >= 0.3 is 0 Å². The van der Waals surface area contributed by atoms with Gasteiger partial charge in [-0.2, -0.15) is 5.10 Å². The first-order chi connectivity index (χ1) is 13.6. The maximum atomic E-state index is 4.74. The van der Waals surface area contributed by atoms with Gasteiger partial charge in [-0.1, -0.05) is 18.2 Å². The van der Waals surface area contributed by atoms with Crippen LogP contribution in [0.15, 0.2) is 59.5 Å². The zero-order valence-electron chi connectivity index (χ0n) is 15.3. The first-order valence-corrected chi connectivity index (χ1v) is 9.56. The molecule has 2 aromatic carbocycles. The van der Waals surface area contributed by atoms with Gasteiger partial charge in [0.25, 0.3) is 0 Å². The zero-order valence-corrected chi connectivity index (χ0v) is 16.8. The van der Waals surface area contributed by atoms with Crippen LogP contribution in [0.3, 0.4) is 0 Å². The summed E-state index contributed by atoms with van der Waals surface area (Å²) in [7, 11) is 1.86. The number of nitrogens with zero attached hydrogens (tertiary/aromatic N) is 6. The lowest BCUT2D eigenvalue weighted by Crippen LogP contribution is -1.98. The van der Waals surface area contributed by atoms with Crippen molar-refractivity contribution in [2.75, 3.05) is 5.32 Å². The van der Waals surface area contributed by atoms with Crippen molar-refractivity contribution >= 4 is 49.5 Å². The normalized spacial score (nSPS) is 11.4. The van der Waals surface area contributed by atoms with Gasteiger partial charge in [0, 0.05) is 18.4 Å². The summed E-state index contributed by atoms with van der Waals surface area (Å²) in [6.07, 6.45) is 1.53. The molecule has 0 amide bonds. The lowest BCUT2D eigenvalue weighted by atomic mass is 10.2. The van der Waals surface area contributed by atoms with Gasteiger partial charge in [-0.15, -0.1) is 0 Å². The number of aryl methyl sites for hydroxylation is 2. The van der Waals surface area contributed by atoms with Gasteiger partial charge in [0.05, 0.1) is 16.4 Å². The SMILES string of the molecule is Cc1nc2cc(Nc3ncnc4c3c(Br)nn4C)ccc2n1-c1ccccc1. The average Bonchev–Trinajstić information content (AvgIpc) is 3.18. The molecule has 0 aliphatic carbocycles. The summed E-state index contributed by atoms with van der Waals surface area (Å²) in [6, 6.07) is 16.4. The molecule has 8 heteroatoms. The monoisotopic (exact) mass is 433 g/mol. The van der Waals surface area contributed by atoms with E-state index < -0.39 is 0 Å². The van der Waals surface area contributed by atoms with Crippen LogP contribution in [0.4, 0.5) is 11.5 Å². The summed E-state index contributed by atoms with van der Waals surface area (Å²) in [5, 5.41) is 8.59. The largest absolute Gasteiger partial charge is 0.339 e. The third-order valence-corrected chi connectivity index (χ3v) is 5.23. The lowest BCUT2D eigenvalue weighted by molar-refractivity contribution is 0.777. The third-order valence-electron chi connectivity index (χ3n) is 4.68. The second kappa shape index (κ2) is 6.42. The molecule has 0 fully saturated rings. The van der Waals surface area contributed by atoms with E-state index in [1.807, 2.05) is 44.3 Å². The molecule has 0 saturated heterocycles. The molecule has 3 aromatic heterocycles. The minimum absolute atomic E-state index is 0.698. The Morgan fingerprint density at radius 2 is 1.86 bits per heavy atom. The molecule has 138 valence electrons. The molecular formula is C20H16BrN7. The quantitative estimate of drug-likeness (QED) is 0.452. The number of rotatable bonds is 3. The second-order valence-electron chi connectivity index (χ2n) is 6.49. The van der Waals surface area contributed by atoms with Crippen LogP contribution < -0.4 is 5.32 Å². The van der Waals surface area contributed by atoms with E-state index in [0.29, 0.717) is 10.4 Å². The van der Waals surface area contributed by atoms with E-state index in [4.69, 9.17) is 4.98 Å². The number of fused-ring (bicyclic) bond motifs is 2. The predicted molar refractivity (Wildman–Crippen MR) is 113 cm³/mol. The van der Waals surface area contributed by atoms with Gasteiger partial charge < -0.3 is 5.32 Å². The fourth-order valence-corrected chi connectivity index (χ4v) is 4.06. The van der Waals surface area contributed by atoms with Crippen molar-refractivity contribution in [2.45, 2.75) is 6.92 Å². The summed E-state index contributed by atoms with van der Waals surface area (Å²) in [6.45, 7) is 2.01. The number of halogens is 1. The van der Waals surface area contributed by atoms with Crippen molar-refractivity contribution in [1.29, 1.82) is 0 Å². The Kier molecular flexibility index (Phi) is 3.87. The van der Waals surface area contributed by atoms with Gasteiger partial charge in [-0.05, 0) is 53.2 Å². The molecule has 5 aromatic rings. The topological polar surface area (TPSA) is 73.5 Å². The van der Waals surface area contributed by atoms with E-state index in [0.717, 1.165) is 39.3 Å². The van der Waals surface area contributed by atoms with E-state index >= 15 is 0 Å². The predicted octanol–water partition coefficient (Wildman–Crippen LogP) is 4.52. The number of nitrogens with one attached hydrogen (secondary N) is 1. The molecule has 0 aliphatic heterocycles. The number of imidazole rings is 1. The molecule has 1 N–H and O–H groups in total.